The average Bonchev–Trinajstić information content (AvgIpc) is 2.48. The Hall–Kier alpha value is -0.680. The molecule has 0 aromatic heterocycles. The smallest absolute Gasteiger partial charge is 0.216 e. The van der Waals surface area contributed by atoms with Crippen LogP contribution in [-0.2, 0) is 4.79 Å². The summed E-state index contributed by atoms with van der Waals surface area (Å²) in [6.45, 7) is 13.6. The van der Waals surface area contributed by atoms with E-state index in [2.05, 4.69) is 29.4 Å². The van der Waals surface area contributed by atoms with E-state index in [0.717, 1.165) is 32.5 Å². The highest BCUT2D eigenvalue weighted by Crippen LogP contribution is 2.26. The number of carbonyl (C=O) groups is 1. The summed E-state index contributed by atoms with van der Waals surface area (Å²) in [5.74, 6) is 0.0117. The van der Waals surface area contributed by atoms with E-state index in [4.69, 9.17) is 0 Å². The Kier molecular flexibility index (Phi) is 11.5. The number of halogens is 1. The standard InChI is InChI=1S/C15H30FN3O.C2H6/c1-13(2)19-10-6-15(16,7-11-19)12-17-8-4-5-9-18-14(3)20;1-2/h13,17H,4-12H2,1-3H3,(H,18,20);1-2H3. The summed E-state index contributed by atoms with van der Waals surface area (Å²) in [4.78, 5) is 13.0. The number of hydrogen-bond acceptors (Lipinski definition) is 3. The molecule has 0 bridgehead atoms. The third-order valence-electron chi connectivity index (χ3n) is 4.02. The topological polar surface area (TPSA) is 44.4 Å². The second kappa shape index (κ2) is 11.8. The molecule has 5 heteroatoms. The van der Waals surface area contributed by atoms with E-state index in [-0.39, 0.29) is 5.91 Å². The van der Waals surface area contributed by atoms with Gasteiger partial charge in [0.05, 0.1) is 0 Å². The monoisotopic (exact) mass is 317 g/mol. The van der Waals surface area contributed by atoms with Crippen LogP contribution in [0.5, 0.6) is 0 Å². The van der Waals surface area contributed by atoms with Crippen LogP contribution in [0.4, 0.5) is 4.39 Å². The van der Waals surface area contributed by atoms with Gasteiger partial charge in [-0.25, -0.2) is 4.39 Å². The third-order valence-corrected chi connectivity index (χ3v) is 4.02. The van der Waals surface area contributed by atoms with E-state index >= 15 is 0 Å². The van der Waals surface area contributed by atoms with Gasteiger partial charge in [0.25, 0.3) is 0 Å². The molecule has 0 aliphatic carbocycles. The van der Waals surface area contributed by atoms with Crippen molar-refractivity contribution < 1.29 is 9.18 Å². The number of alkyl halides is 1. The predicted molar refractivity (Wildman–Crippen MR) is 91.9 cm³/mol. The van der Waals surface area contributed by atoms with E-state index in [1.165, 1.54) is 6.92 Å². The SMILES string of the molecule is CC.CC(=O)NCCCCNCC1(F)CCN(C(C)C)CC1. The molecule has 22 heavy (non-hydrogen) atoms. The highest BCUT2D eigenvalue weighted by Gasteiger charge is 2.34. The number of piperidine rings is 1. The molecule has 0 spiro atoms. The molecule has 1 aliphatic heterocycles. The average molecular weight is 317 g/mol. The van der Waals surface area contributed by atoms with E-state index in [1.54, 1.807) is 0 Å². The molecule has 1 rings (SSSR count). The molecule has 0 aromatic carbocycles. The van der Waals surface area contributed by atoms with Gasteiger partial charge in [0.15, 0.2) is 0 Å². The lowest BCUT2D eigenvalue weighted by Crippen LogP contribution is -2.49. The Morgan fingerprint density at radius 1 is 1.18 bits per heavy atom. The second-order valence-electron chi connectivity index (χ2n) is 6.15. The van der Waals surface area contributed by atoms with Crippen LogP contribution in [0.2, 0.25) is 0 Å². The first kappa shape index (κ1) is 21.3. The van der Waals surface area contributed by atoms with Crippen molar-refractivity contribution in [2.24, 2.45) is 0 Å². The van der Waals surface area contributed by atoms with Crippen LogP contribution in [-0.4, -0.2) is 55.2 Å². The van der Waals surface area contributed by atoms with Crippen molar-refractivity contribution in [2.45, 2.75) is 72.0 Å². The first-order valence-electron chi connectivity index (χ1n) is 8.81. The fourth-order valence-corrected chi connectivity index (χ4v) is 2.57. The minimum atomic E-state index is -1.04. The van der Waals surface area contributed by atoms with E-state index < -0.39 is 5.67 Å². The van der Waals surface area contributed by atoms with Gasteiger partial charge in [0, 0.05) is 39.1 Å². The van der Waals surface area contributed by atoms with Crippen molar-refractivity contribution in [3.05, 3.63) is 0 Å². The lowest BCUT2D eigenvalue weighted by atomic mass is 9.92. The van der Waals surface area contributed by atoms with Crippen LogP contribution in [0.3, 0.4) is 0 Å². The summed E-state index contributed by atoms with van der Waals surface area (Å²) in [7, 11) is 0. The van der Waals surface area contributed by atoms with Crippen molar-refractivity contribution in [2.75, 3.05) is 32.7 Å². The number of nitrogens with one attached hydrogen (secondary N) is 2. The quantitative estimate of drug-likeness (QED) is 0.677. The molecule has 1 aliphatic rings. The van der Waals surface area contributed by atoms with Gasteiger partial charge in [-0.1, -0.05) is 13.8 Å². The molecule has 0 aromatic rings. The molecule has 0 unspecified atom stereocenters. The van der Waals surface area contributed by atoms with Crippen molar-refractivity contribution >= 4 is 5.91 Å². The summed E-state index contributed by atoms with van der Waals surface area (Å²) < 4.78 is 14.5. The third kappa shape index (κ3) is 9.36. The minimum Gasteiger partial charge on any atom is -0.356 e. The predicted octanol–water partition coefficient (Wildman–Crippen LogP) is 2.73. The Balaban J connectivity index is 0.00000211. The Morgan fingerprint density at radius 2 is 1.73 bits per heavy atom. The van der Waals surface area contributed by atoms with Crippen LogP contribution in [0, 0.1) is 0 Å². The fourth-order valence-electron chi connectivity index (χ4n) is 2.57. The number of carbonyl (C=O) groups excluding carboxylic acids is 1. The summed E-state index contributed by atoms with van der Waals surface area (Å²) in [6, 6.07) is 0.515. The normalized spacial score (nSPS) is 17.8. The van der Waals surface area contributed by atoms with Crippen LogP contribution >= 0.6 is 0 Å². The van der Waals surface area contributed by atoms with E-state index in [0.29, 0.717) is 32.0 Å². The molecule has 132 valence electrons. The largest absolute Gasteiger partial charge is 0.356 e. The Bertz CT molecular complexity index is 290. The van der Waals surface area contributed by atoms with Gasteiger partial charge < -0.3 is 15.5 Å². The highest BCUT2D eigenvalue weighted by atomic mass is 19.1. The van der Waals surface area contributed by atoms with E-state index in [1.807, 2.05) is 13.8 Å². The number of likely N-dealkylation sites (tertiary alicyclic amines) is 1. The zero-order valence-corrected chi connectivity index (χ0v) is 15.2. The highest BCUT2D eigenvalue weighted by molar-refractivity contribution is 5.72. The molecule has 1 amide bonds. The van der Waals surface area contributed by atoms with Crippen LogP contribution in [0.1, 0.15) is 60.3 Å². The second-order valence-corrected chi connectivity index (χ2v) is 6.15. The number of rotatable bonds is 8. The number of hydrogen-bond donors (Lipinski definition) is 2. The molecule has 1 saturated heterocycles. The lowest BCUT2D eigenvalue weighted by molar-refractivity contribution is -0.118. The first-order valence-corrected chi connectivity index (χ1v) is 8.81. The van der Waals surface area contributed by atoms with Crippen LogP contribution in [0.15, 0.2) is 0 Å². The molecule has 0 saturated carbocycles. The van der Waals surface area contributed by atoms with Gasteiger partial charge in [0.1, 0.15) is 5.67 Å². The minimum absolute atomic E-state index is 0.0117. The van der Waals surface area contributed by atoms with E-state index in [9.17, 15) is 9.18 Å². The zero-order valence-electron chi connectivity index (χ0n) is 15.2. The van der Waals surface area contributed by atoms with Crippen molar-refractivity contribution in [1.82, 2.24) is 15.5 Å². The fraction of sp³-hybridized carbons (Fsp3) is 0.941. The molecule has 2 N–H and O–H groups in total. The maximum Gasteiger partial charge on any atom is 0.216 e. The molecular weight excluding hydrogens is 281 g/mol. The number of unbranched alkanes of at least 4 members (excludes halogenated alkanes) is 1. The van der Waals surface area contributed by atoms with Crippen LogP contribution < -0.4 is 10.6 Å². The van der Waals surface area contributed by atoms with Gasteiger partial charge in [0.2, 0.25) is 5.91 Å². The van der Waals surface area contributed by atoms with Gasteiger partial charge in [-0.15, -0.1) is 0 Å². The number of nitrogens with zero attached hydrogens (tertiary/aromatic N) is 1. The Morgan fingerprint density at radius 3 is 2.23 bits per heavy atom. The Labute approximate surface area is 136 Å². The van der Waals surface area contributed by atoms with Crippen LogP contribution in [0.25, 0.3) is 0 Å². The maximum absolute atomic E-state index is 14.5. The number of amides is 1. The molecule has 1 heterocycles. The molecule has 0 atom stereocenters. The van der Waals surface area contributed by atoms with Gasteiger partial charge in [-0.3, -0.25) is 4.79 Å². The molecule has 4 nitrogen and oxygen atoms in total. The first-order chi connectivity index (χ1) is 10.4. The van der Waals surface area contributed by atoms with Gasteiger partial charge in [-0.2, -0.15) is 0 Å². The summed E-state index contributed by atoms with van der Waals surface area (Å²) >= 11 is 0. The van der Waals surface area contributed by atoms with Crippen molar-refractivity contribution in [3.8, 4) is 0 Å². The van der Waals surface area contributed by atoms with Crippen molar-refractivity contribution in [3.63, 3.8) is 0 Å². The zero-order chi connectivity index (χ0) is 17.0. The molecular formula is C17H36FN3O. The summed E-state index contributed by atoms with van der Waals surface area (Å²) in [5, 5.41) is 5.98. The molecule has 0 radical (unpaired) electrons. The lowest BCUT2D eigenvalue weighted by Gasteiger charge is -2.38. The molecule has 1 fully saturated rings. The van der Waals surface area contributed by atoms with Crippen molar-refractivity contribution in [1.29, 1.82) is 0 Å². The van der Waals surface area contributed by atoms with Gasteiger partial charge >= 0.3 is 0 Å². The summed E-state index contributed by atoms with van der Waals surface area (Å²) in [5.41, 5.74) is -1.04. The summed E-state index contributed by atoms with van der Waals surface area (Å²) in [6.07, 6.45) is 3.16. The van der Waals surface area contributed by atoms with Gasteiger partial charge in [-0.05, 0) is 46.1 Å². The maximum atomic E-state index is 14.5.